The molecule has 0 radical (unpaired) electrons. The third-order valence-electron chi connectivity index (χ3n) is 5.35. The van der Waals surface area contributed by atoms with Crippen molar-refractivity contribution in [3.8, 4) is 23.0 Å². The molecular weight excluding hydrogens is 449 g/mol. The molecule has 1 aliphatic heterocycles. The lowest BCUT2D eigenvalue weighted by Gasteiger charge is -2.26. The van der Waals surface area contributed by atoms with E-state index in [1.807, 2.05) is 54.0 Å². The van der Waals surface area contributed by atoms with Crippen LogP contribution in [0, 0.1) is 0 Å². The van der Waals surface area contributed by atoms with Gasteiger partial charge in [0.2, 0.25) is 0 Å². The Hall–Kier alpha value is -3.88. The van der Waals surface area contributed by atoms with E-state index >= 15 is 0 Å². The third-order valence-corrected chi connectivity index (χ3v) is 5.35. The summed E-state index contributed by atoms with van der Waals surface area (Å²) in [7, 11) is 0. The summed E-state index contributed by atoms with van der Waals surface area (Å²) in [5, 5.41) is 0. The van der Waals surface area contributed by atoms with Crippen molar-refractivity contribution >= 4 is 11.0 Å². The van der Waals surface area contributed by atoms with Gasteiger partial charge in [-0.1, -0.05) is 24.3 Å². The number of aromatic nitrogens is 2. The maximum Gasteiger partial charge on any atom is 0.573 e. The molecule has 1 atom stereocenters. The van der Waals surface area contributed by atoms with Crippen LogP contribution in [0.1, 0.15) is 24.4 Å². The first-order valence-corrected chi connectivity index (χ1v) is 10.8. The number of halogens is 3. The molecule has 1 unspecified atom stereocenters. The summed E-state index contributed by atoms with van der Waals surface area (Å²) >= 11 is 0. The van der Waals surface area contributed by atoms with E-state index in [-0.39, 0.29) is 12.4 Å². The summed E-state index contributed by atoms with van der Waals surface area (Å²) in [6.07, 6.45) is -5.20. The fourth-order valence-corrected chi connectivity index (χ4v) is 3.92. The van der Waals surface area contributed by atoms with Gasteiger partial charge in [0.15, 0.2) is 23.4 Å². The SMILES string of the molecule is CCOc1ccc2c(c1)nc(C1COc3ccccc3O1)n2Cc1ccc(OC(F)(F)F)cc1. The van der Waals surface area contributed by atoms with Gasteiger partial charge in [-0.05, 0) is 48.9 Å². The lowest BCUT2D eigenvalue weighted by molar-refractivity contribution is -0.274. The van der Waals surface area contributed by atoms with E-state index in [9.17, 15) is 13.2 Å². The normalized spacial score (nSPS) is 15.4. The second kappa shape index (κ2) is 8.81. The zero-order chi connectivity index (χ0) is 23.7. The van der Waals surface area contributed by atoms with E-state index < -0.39 is 12.5 Å². The second-order valence-electron chi connectivity index (χ2n) is 7.70. The predicted molar refractivity (Wildman–Crippen MR) is 118 cm³/mol. The van der Waals surface area contributed by atoms with Gasteiger partial charge < -0.3 is 23.5 Å². The molecule has 9 heteroatoms. The van der Waals surface area contributed by atoms with Gasteiger partial charge in [-0.15, -0.1) is 13.2 Å². The fraction of sp³-hybridized carbons (Fsp3) is 0.240. The first-order chi connectivity index (χ1) is 16.4. The number of imidazole rings is 1. The van der Waals surface area contributed by atoms with Crippen LogP contribution in [0.5, 0.6) is 23.0 Å². The van der Waals surface area contributed by atoms with E-state index in [0.29, 0.717) is 36.2 Å². The number of rotatable bonds is 6. The Labute approximate surface area is 193 Å². The molecule has 1 aromatic heterocycles. The molecule has 34 heavy (non-hydrogen) atoms. The maximum atomic E-state index is 12.5. The summed E-state index contributed by atoms with van der Waals surface area (Å²) < 4.78 is 61.2. The monoisotopic (exact) mass is 470 g/mol. The molecule has 0 amide bonds. The van der Waals surface area contributed by atoms with Crippen LogP contribution < -0.4 is 18.9 Å². The fourth-order valence-electron chi connectivity index (χ4n) is 3.92. The minimum atomic E-state index is -4.73. The van der Waals surface area contributed by atoms with Crippen molar-refractivity contribution in [3.63, 3.8) is 0 Å². The molecule has 4 aromatic rings. The highest BCUT2D eigenvalue weighted by Crippen LogP contribution is 2.37. The van der Waals surface area contributed by atoms with Gasteiger partial charge in [0.25, 0.3) is 0 Å². The lowest BCUT2D eigenvalue weighted by Crippen LogP contribution is -2.25. The highest BCUT2D eigenvalue weighted by molar-refractivity contribution is 5.78. The van der Waals surface area contributed by atoms with Gasteiger partial charge in [-0.25, -0.2) is 4.98 Å². The van der Waals surface area contributed by atoms with Gasteiger partial charge in [0.05, 0.1) is 17.6 Å². The molecule has 6 nitrogen and oxygen atoms in total. The molecule has 176 valence electrons. The van der Waals surface area contributed by atoms with Crippen LogP contribution >= 0.6 is 0 Å². The molecule has 5 rings (SSSR count). The predicted octanol–water partition coefficient (Wildman–Crippen LogP) is 5.89. The van der Waals surface area contributed by atoms with Crippen LogP contribution in [-0.2, 0) is 6.54 Å². The molecule has 0 spiro atoms. The van der Waals surface area contributed by atoms with Crippen LogP contribution in [-0.4, -0.2) is 29.1 Å². The number of benzene rings is 3. The Balaban J connectivity index is 1.50. The number of alkyl halides is 3. The van der Waals surface area contributed by atoms with E-state index in [4.69, 9.17) is 19.2 Å². The number of hydrogen-bond donors (Lipinski definition) is 0. The molecule has 0 saturated heterocycles. The number of fused-ring (bicyclic) bond motifs is 2. The molecule has 1 aliphatic rings. The van der Waals surface area contributed by atoms with Crippen LogP contribution in [0.4, 0.5) is 13.2 Å². The molecule has 0 aliphatic carbocycles. The topological polar surface area (TPSA) is 54.7 Å². The highest BCUT2D eigenvalue weighted by Gasteiger charge is 2.31. The van der Waals surface area contributed by atoms with Gasteiger partial charge in [-0.3, -0.25) is 0 Å². The van der Waals surface area contributed by atoms with Crippen molar-refractivity contribution in [1.29, 1.82) is 0 Å². The van der Waals surface area contributed by atoms with Crippen molar-refractivity contribution < 1.29 is 32.1 Å². The lowest BCUT2D eigenvalue weighted by atomic mass is 10.2. The first kappa shape index (κ1) is 21.9. The Morgan fingerprint density at radius 3 is 2.47 bits per heavy atom. The third kappa shape index (κ3) is 4.59. The number of nitrogens with zero attached hydrogens (tertiary/aromatic N) is 2. The van der Waals surface area contributed by atoms with Crippen molar-refractivity contribution in [3.05, 3.63) is 78.1 Å². The minimum Gasteiger partial charge on any atom is -0.494 e. The Bertz CT molecular complexity index is 1300. The smallest absolute Gasteiger partial charge is 0.494 e. The van der Waals surface area contributed by atoms with Gasteiger partial charge in [0.1, 0.15) is 18.1 Å². The zero-order valence-electron chi connectivity index (χ0n) is 18.2. The van der Waals surface area contributed by atoms with Crippen molar-refractivity contribution in [1.82, 2.24) is 9.55 Å². The highest BCUT2D eigenvalue weighted by atomic mass is 19.4. The summed E-state index contributed by atoms with van der Waals surface area (Å²) in [4.78, 5) is 4.82. The summed E-state index contributed by atoms with van der Waals surface area (Å²) in [5.74, 6) is 2.37. The molecule has 2 heterocycles. The number of para-hydroxylation sites is 2. The Morgan fingerprint density at radius 1 is 1.00 bits per heavy atom. The van der Waals surface area contributed by atoms with Gasteiger partial charge in [0, 0.05) is 12.6 Å². The van der Waals surface area contributed by atoms with Crippen LogP contribution in [0.3, 0.4) is 0 Å². The van der Waals surface area contributed by atoms with E-state index in [2.05, 4.69) is 4.74 Å². The average Bonchev–Trinajstić information content (AvgIpc) is 3.17. The second-order valence-corrected chi connectivity index (χ2v) is 7.70. The van der Waals surface area contributed by atoms with E-state index in [1.165, 1.54) is 12.1 Å². The molecule has 0 fully saturated rings. The summed E-state index contributed by atoms with van der Waals surface area (Å²) in [5.41, 5.74) is 2.35. The van der Waals surface area contributed by atoms with E-state index in [0.717, 1.165) is 16.6 Å². The van der Waals surface area contributed by atoms with Gasteiger partial charge >= 0.3 is 6.36 Å². The minimum absolute atomic E-state index is 0.270. The summed E-state index contributed by atoms with van der Waals surface area (Å²) in [6, 6.07) is 18.8. The number of ether oxygens (including phenoxy) is 4. The number of hydrogen-bond acceptors (Lipinski definition) is 5. The van der Waals surface area contributed by atoms with Crippen molar-refractivity contribution in [2.45, 2.75) is 25.9 Å². The largest absolute Gasteiger partial charge is 0.573 e. The average molecular weight is 470 g/mol. The molecule has 0 bridgehead atoms. The standard InChI is InChI=1S/C25H21F3N2O4/c1-2-31-18-11-12-20-19(13-18)29-24(23-15-32-21-5-3-4-6-22(21)33-23)30(20)14-16-7-9-17(10-8-16)34-25(26,27)28/h3-13,23H,2,14-15H2,1H3. The van der Waals surface area contributed by atoms with E-state index in [1.54, 1.807) is 12.1 Å². The van der Waals surface area contributed by atoms with Crippen molar-refractivity contribution in [2.24, 2.45) is 0 Å². The summed E-state index contributed by atoms with van der Waals surface area (Å²) in [6.45, 7) is 3.08. The molecule has 0 N–H and O–H groups in total. The van der Waals surface area contributed by atoms with Crippen LogP contribution in [0.25, 0.3) is 11.0 Å². The van der Waals surface area contributed by atoms with Gasteiger partial charge in [-0.2, -0.15) is 0 Å². The quantitative estimate of drug-likeness (QED) is 0.352. The molecule has 0 saturated carbocycles. The van der Waals surface area contributed by atoms with Crippen LogP contribution in [0.15, 0.2) is 66.7 Å². The molecule has 3 aromatic carbocycles. The Morgan fingerprint density at radius 2 is 1.74 bits per heavy atom. The Kier molecular flexibility index (Phi) is 5.69. The first-order valence-electron chi connectivity index (χ1n) is 10.8. The molecular formula is C25H21F3N2O4. The van der Waals surface area contributed by atoms with Crippen molar-refractivity contribution in [2.75, 3.05) is 13.2 Å². The maximum absolute atomic E-state index is 12.5. The zero-order valence-corrected chi connectivity index (χ0v) is 18.2. The van der Waals surface area contributed by atoms with Crippen LogP contribution in [0.2, 0.25) is 0 Å².